The Morgan fingerprint density at radius 3 is 2.20 bits per heavy atom. The predicted octanol–water partition coefficient (Wildman–Crippen LogP) is 6.91. The van der Waals surface area contributed by atoms with Gasteiger partial charge in [-0.25, -0.2) is 0 Å². The molecule has 0 saturated carbocycles. The topological polar surface area (TPSA) is 66.4 Å². The van der Waals surface area contributed by atoms with E-state index < -0.39 is 0 Å². The Kier molecular flexibility index (Phi) is 8.57. The minimum absolute atomic E-state index is 0.167. The molecule has 3 aliphatic heterocycles. The van der Waals surface area contributed by atoms with E-state index in [2.05, 4.69) is 37.0 Å². The number of aliphatic hydroxyl groups is 1. The summed E-state index contributed by atoms with van der Waals surface area (Å²) in [6.07, 6.45) is 5.39. The second-order valence-corrected chi connectivity index (χ2v) is 10.6. The first-order chi connectivity index (χ1) is 20.2. The summed E-state index contributed by atoms with van der Waals surface area (Å²) in [5, 5.41) is 9.07. The van der Waals surface area contributed by atoms with Crippen LogP contribution in [0.15, 0.2) is 66.7 Å². The molecule has 0 radical (unpaired) electrons. The quantitative estimate of drug-likeness (QED) is 0.336. The molecule has 0 bridgehead atoms. The molecule has 0 amide bonds. The van der Waals surface area contributed by atoms with E-state index in [1.807, 2.05) is 48.5 Å². The molecule has 41 heavy (non-hydrogen) atoms. The van der Waals surface area contributed by atoms with Gasteiger partial charge in [0.1, 0.15) is 30.0 Å². The number of ether oxygens (including phenoxy) is 5. The number of hydrogen-bond donors (Lipinski definition) is 1. The lowest BCUT2D eigenvalue weighted by Gasteiger charge is -2.32. The van der Waals surface area contributed by atoms with Gasteiger partial charge >= 0.3 is 0 Å². The van der Waals surface area contributed by atoms with Crippen LogP contribution in [0.3, 0.4) is 0 Å². The van der Waals surface area contributed by atoms with Gasteiger partial charge in [-0.2, -0.15) is 0 Å². The normalized spacial score (nSPS) is 22.1. The Bertz CT molecular complexity index is 1440. The molecule has 2 fully saturated rings. The van der Waals surface area contributed by atoms with Crippen molar-refractivity contribution in [3.63, 3.8) is 0 Å². The number of hydrogen-bond acceptors (Lipinski definition) is 6. The molecule has 3 aromatic rings. The van der Waals surface area contributed by atoms with Gasteiger partial charge in [0.15, 0.2) is 12.6 Å². The summed E-state index contributed by atoms with van der Waals surface area (Å²) in [5.74, 6) is 8.04. The van der Waals surface area contributed by atoms with E-state index in [1.54, 1.807) is 0 Å². The van der Waals surface area contributed by atoms with Crippen LogP contribution in [-0.4, -0.2) is 37.5 Å². The highest BCUT2D eigenvalue weighted by Gasteiger charge is 2.30. The zero-order valence-electron chi connectivity index (χ0n) is 23.4. The van der Waals surface area contributed by atoms with Crippen LogP contribution in [0.1, 0.15) is 73.8 Å². The predicted molar refractivity (Wildman–Crippen MR) is 158 cm³/mol. The van der Waals surface area contributed by atoms with Gasteiger partial charge in [-0.05, 0) is 91.8 Å². The molecule has 0 aliphatic carbocycles. The van der Waals surface area contributed by atoms with Crippen molar-refractivity contribution >= 4 is 11.1 Å². The van der Waals surface area contributed by atoms with E-state index in [1.165, 1.54) is 0 Å². The Morgan fingerprint density at radius 1 is 0.829 bits per heavy atom. The van der Waals surface area contributed by atoms with Gasteiger partial charge in [-0.3, -0.25) is 0 Å². The summed E-state index contributed by atoms with van der Waals surface area (Å²) >= 11 is 0. The van der Waals surface area contributed by atoms with Crippen LogP contribution in [0.5, 0.6) is 17.2 Å². The summed E-state index contributed by atoms with van der Waals surface area (Å²) in [4.78, 5) is 0. The lowest BCUT2D eigenvalue weighted by Crippen LogP contribution is -2.25. The van der Waals surface area contributed by atoms with Crippen molar-refractivity contribution in [3.8, 4) is 29.1 Å². The minimum atomic E-state index is -0.336. The Hall–Kier alpha value is -3.76. The zero-order chi connectivity index (χ0) is 28.0. The van der Waals surface area contributed by atoms with Crippen molar-refractivity contribution in [2.45, 2.75) is 64.1 Å². The average molecular weight is 553 g/mol. The Labute approximate surface area is 241 Å². The van der Waals surface area contributed by atoms with E-state index in [0.717, 1.165) is 102 Å². The zero-order valence-corrected chi connectivity index (χ0v) is 23.4. The number of rotatable bonds is 6. The lowest BCUT2D eigenvalue weighted by atomic mass is 9.86. The molecule has 3 atom stereocenters. The van der Waals surface area contributed by atoms with Crippen molar-refractivity contribution in [3.05, 3.63) is 89.0 Å². The van der Waals surface area contributed by atoms with Gasteiger partial charge < -0.3 is 28.8 Å². The van der Waals surface area contributed by atoms with Crippen LogP contribution in [0, 0.1) is 11.8 Å². The van der Waals surface area contributed by atoms with E-state index in [0.29, 0.717) is 0 Å². The third-order valence-corrected chi connectivity index (χ3v) is 7.75. The minimum Gasteiger partial charge on any atom is -0.480 e. The van der Waals surface area contributed by atoms with Crippen molar-refractivity contribution in [1.82, 2.24) is 0 Å². The SMILES string of the molecule is CC1=C(c2cccc(OC3CCCCO3)c2)C(c2ccc(C#CCO)cc2)Oc2ccc(OC3CCCCO3)cc21. The number of aliphatic hydroxyl groups excluding tert-OH is 1. The first kappa shape index (κ1) is 27.4. The second-order valence-electron chi connectivity index (χ2n) is 10.6. The molecular weight excluding hydrogens is 516 g/mol. The number of fused-ring (bicyclic) bond motifs is 1. The first-order valence-electron chi connectivity index (χ1n) is 14.6. The molecule has 3 heterocycles. The van der Waals surface area contributed by atoms with Crippen LogP contribution in [0.2, 0.25) is 0 Å². The van der Waals surface area contributed by atoms with Crippen LogP contribution >= 0.6 is 0 Å². The standard InChI is InChI=1S/C35H36O6/c1-24-30-23-29(40-33-12-3-5-21-38-33)17-18-31(30)41-35(26-15-13-25(14-16-26)8-7-19-36)34(24)27-9-6-10-28(22-27)39-32-11-2-4-20-37-32/h6,9-10,13-18,22-23,32-33,35-36H,2-5,11-12,19-21H2,1H3. The summed E-state index contributed by atoms with van der Waals surface area (Å²) in [6, 6.07) is 22.2. The van der Waals surface area contributed by atoms with Crippen LogP contribution in [0.4, 0.5) is 0 Å². The van der Waals surface area contributed by atoms with Crippen molar-refractivity contribution < 1.29 is 28.8 Å². The monoisotopic (exact) mass is 552 g/mol. The lowest BCUT2D eigenvalue weighted by molar-refractivity contribution is -0.106. The van der Waals surface area contributed by atoms with Gasteiger partial charge in [0.25, 0.3) is 0 Å². The van der Waals surface area contributed by atoms with Crippen LogP contribution in [0.25, 0.3) is 11.1 Å². The fraction of sp³-hybridized carbons (Fsp3) is 0.371. The van der Waals surface area contributed by atoms with Crippen molar-refractivity contribution in [2.24, 2.45) is 0 Å². The van der Waals surface area contributed by atoms with E-state index in [4.69, 9.17) is 28.8 Å². The van der Waals surface area contributed by atoms with E-state index in [-0.39, 0.29) is 25.3 Å². The van der Waals surface area contributed by atoms with Crippen molar-refractivity contribution in [1.29, 1.82) is 0 Å². The average Bonchev–Trinajstić information content (AvgIpc) is 3.01. The summed E-state index contributed by atoms with van der Waals surface area (Å²) in [6.45, 7) is 3.44. The summed E-state index contributed by atoms with van der Waals surface area (Å²) in [7, 11) is 0. The van der Waals surface area contributed by atoms with Crippen LogP contribution in [-0.2, 0) is 9.47 Å². The first-order valence-corrected chi connectivity index (χ1v) is 14.6. The molecule has 1 N–H and O–H groups in total. The fourth-order valence-corrected chi connectivity index (χ4v) is 5.64. The van der Waals surface area contributed by atoms with E-state index >= 15 is 0 Å². The van der Waals surface area contributed by atoms with Gasteiger partial charge in [0.05, 0.1) is 13.2 Å². The number of allylic oxidation sites excluding steroid dienone is 1. The number of benzene rings is 3. The third-order valence-electron chi connectivity index (χ3n) is 7.75. The molecule has 3 unspecified atom stereocenters. The molecule has 0 spiro atoms. The fourth-order valence-electron chi connectivity index (χ4n) is 5.64. The van der Waals surface area contributed by atoms with E-state index in [9.17, 15) is 0 Å². The molecule has 6 heteroatoms. The molecular formula is C35H36O6. The molecule has 2 saturated heterocycles. The van der Waals surface area contributed by atoms with Gasteiger partial charge in [-0.15, -0.1) is 0 Å². The van der Waals surface area contributed by atoms with Crippen LogP contribution < -0.4 is 14.2 Å². The van der Waals surface area contributed by atoms with Crippen molar-refractivity contribution in [2.75, 3.05) is 19.8 Å². The molecule has 3 aliphatic rings. The smallest absolute Gasteiger partial charge is 0.199 e. The maximum absolute atomic E-state index is 9.07. The third kappa shape index (κ3) is 6.44. The highest BCUT2D eigenvalue weighted by molar-refractivity contribution is 5.96. The maximum atomic E-state index is 9.07. The highest BCUT2D eigenvalue weighted by Crippen LogP contribution is 2.48. The van der Waals surface area contributed by atoms with Gasteiger partial charge in [0, 0.05) is 29.5 Å². The largest absolute Gasteiger partial charge is 0.480 e. The molecule has 3 aromatic carbocycles. The van der Waals surface area contributed by atoms with Gasteiger partial charge in [0.2, 0.25) is 0 Å². The second kappa shape index (κ2) is 12.8. The Balaban J connectivity index is 1.37. The Morgan fingerprint density at radius 2 is 1.54 bits per heavy atom. The summed E-state index contributed by atoms with van der Waals surface area (Å²) in [5.41, 5.74) is 6.05. The maximum Gasteiger partial charge on any atom is 0.199 e. The van der Waals surface area contributed by atoms with Gasteiger partial charge in [-0.1, -0.05) is 36.1 Å². The molecule has 212 valence electrons. The molecule has 6 rings (SSSR count). The highest BCUT2D eigenvalue weighted by atomic mass is 16.7. The molecule has 0 aromatic heterocycles. The summed E-state index contributed by atoms with van der Waals surface area (Å²) < 4.78 is 30.8. The molecule has 6 nitrogen and oxygen atoms in total.